The van der Waals surface area contributed by atoms with Gasteiger partial charge in [-0.25, -0.2) is 13.8 Å². The minimum atomic E-state index is -0.986. The lowest BCUT2D eigenvalue weighted by atomic mass is 10.3. The Morgan fingerprint density at radius 2 is 2.14 bits per heavy atom. The molecule has 0 aliphatic heterocycles. The van der Waals surface area contributed by atoms with Crippen LogP contribution in [0.1, 0.15) is 0 Å². The predicted molar refractivity (Wildman–Crippen MR) is 56.1 cm³/mol. The molecule has 0 heterocycles. The molecule has 0 amide bonds. The molecular weight excluding hydrogens is 277 g/mol. The van der Waals surface area contributed by atoms with Crippen molar-refractivity contribution in [2.24, 2.45) is 10.7 Å². The summed E-state index contributed by atoms with van der Waals surface area (Å²) in [5.41, 5.74) is 5.55. The Morgan fingerprint density at radius 3 is 2.64 bits per heavy atom. The first-order chi connectivity index (χ1) is 6.54. The number of aliphatic imine (C=N–C) groups is 1. The van der Waals surface area contributed by atoms with Crippen molar-refractivity contribution in [1.82, 2.24) is 0 Å². The molecule has 0 fully saturated rings. The van der Waals surface area contributed by atoms with Crippen molar-refractivity contribution < 1.29 is 8.78 Å². The number of nitrogens with zero attached hydrogens (tertiary/aromatic N) is 1. The molecular formula is C8H6BrClF2N2. The summed E-state index contributed by atoms with van der Waals surface area (Å²) in [4.78, 5) is 3.77. The zero-order chi connectivity index (χ0) is 10.7. The van der Waals surface area contributed by atoms with Gasteiger partial charge in [0, 0.05) is 6.07 Å². The first-order valence-corrected chi connectivity index (χ1v) is 4.91. The molecule has 14 heavy (non-hydrogen) atoms. The van der Waals surface area contributed by atoms with Gasteiger partial charge < -0.3 is 5.73 Å². The zero-order valence-corrected chi connectivity index (χ0v) is 9.24. The Hall–Kier alpha value is -0.680. The lowest BCUT2D eigenvalue weighted by molar-refractivity contribution is 0.504. The predicted octanol–water partition coefficient (Wildman–Crippen LogP) is 2.95. The molecule has 0 unspecified atom stereocenters. The van der Waals surface area contributed by atoms with Crippen LogP contribution in [0, 0.1) is 11.6 Å². The standard InChI is InChI=1S/C8H6BrClF2N2/c9-5-1-4(14-7(13)3-10)2-6(11)8(5)12/h1-2H,3H2,(H2,13,14). The average Bonchev–Trinajstić information content (AvgIpc) is 2.14. The van der Waals surface area contributed by atoms with Crippen molar-refractivity contribution in [3.63, 3.8) is 0 Å². The second-order valence-electron chi connectivity index (χ2n) is 2.46. The number of alkyl halides is 1. The summed E-state index contributed by atoms with van der Waals surface area (Å²) in [5, 5.41) is 0. The van der Waals surface area contributed by atoms with Crippen molar-refractivity contribution in [1.29, 1.82) is 0 Å². The van der Waals surface area contributed by atoms with Crippen molar-refractivity contribution in [3.05, 3.63) is 28.2 Å². The number of rotatable bonds is 2. The first-order valence-electron chi connectivity index (χ1n) is 3.58. The summed E-state index contributed by atoms with van der Waals surface area (Å²) in [6.07, 6.45) is 0. The van der Waals surface area contributed by atoms with Gasteiger partial charge in [0.15, 0.2) is 11.6 Å². The van der Waals surface area contributed by atoms with Crippen LogP contribution in [0.3, 0.4) is 0 Å². The molecule has 0 radical (unpaired) electrons. The van der Waals surface area contributed by atoms with Crippen LogP contribution in [0.15, 0.2) is 21.6 Å². The summed E-state index contributed by atoms with van der Waals surface area (Å²) in [6, 6.07) is 2.26. The SMILES string of the molecule is NC(CCl)=Nc1cc(F)c(F)c(Br)c1. The Balaban J connectivity index is 3.13. The molecule has 0 aliphatic rings. The number of amidine groups is 1. The molecule has 0 saturated carbocycles. The zero-order valence-electron chi connectivity index (χ0n) is 6.90. The summed E-state index contributed by atoms with van der Waals surface area (Å²) < 4.78 is 25.6. The van der Waals surface area contributed by atoms with Crippen LogP contribution in [-0.2, 0) is 0 Å². The average molecular weight is 284 g/mol. The highest BCUT2D eigenvalue weighted by atomic mass is 79.9. The van der Waals surface area contributed by atoms with E-state index in [2.05, 4.69) is 20.9 Å². The van der Waals surface area contributed by atoms with Crippen LogP contribution in [0.5, 0.6) is 0 Å². The molecule has 0 aromatic heterocycles. The highest BCUT2D eigenvalue weighted by Crippen LogP contribution is 2.24. The quantitative estimate of drug-likeness (QED) is 0.385. The molecule has 0 saturated heterocycles. The van der Waals surface area contributed by atoms with E-state index in [1.54, 1.807) is 0 Å². The summed E-state index contributed by atoms with van der Waals surface area (Å²) >= 11 is 8.23. The minimum Gasteiger partial charge on any atom is -0.386 e. The number of halogens is 4. The third-order valence-corrected chi connectivity index (χ3v) is 2.23. The van der Waals surface area contributed by atoms with Gasteiger partial charge in [-0.05, 0) is 22.0 Å². The van der Waals surface area contributed by atoms with E-state index in [1.807, 2.05) is 0 Å². The lowest BCUT2D eigenvalue weighted by Crippen LogP contribution is -2.12. The van der Waals surface area contributed by atoms with E-state index in [0.717, 1.165) is 6.07 Å². The maximum atomic E-state index is 12.8. The number of hydrogen-bond acceptors (Lipinski definition) is 1. The number of hydrogen-bond donors (Lipinski definition) is 1. The van der Waals surface area contributed by atoms with Crippen LogP contribution in [0.2, 0.25) is 0 Å². The molecule has 0 bridgehead atoms. The van der Waals surface area contributed by atoms with Gasteiger partial charge in [0.2, 0.25) is 0 Å². The Bertz CT molecular complexity index is 359. The second-order valence-corrected chi connectivity index (χ2v) is 3.58. The van der Waals surface area contributed by atoms with Gasteiger partial charge >= 0.3 is 0 Å². The van der Waals surface area contributed by atoms with E-state index in [9.17, 15) is 8.78 Å². The fourth-order valence-corrected chi connectivity index (χ4v) is 1.29. The van der Waals surface area contributed by atoms with Crippen molar-refractivity contribution >= 4 is 39.1 Å². The second kappa shape index (κ2) is 4.70. The van der Waals surface area contributed by atoms with E-state index in [-0.39, 0.29) is 21.9 Å². The van der Waals surface area contributed by atoms with Gasteiger partial charge in [-0.1, -0.05) is 0 Å². The molecule has 0 spiro atoms. The third kappa shape index (κ3) is 2.65. The monoisotopic (exact) mass is 282 g/mol. The van der Waals surface area contributed by atoms with E-state index >= 15 is 0 Å². The number of benzene rings is 1. The van der Waals surface area contributed by atoms with Gasteiger partial charge in [-0.15, -0.1) is 11.6 Å². The van der Waals surface area contributed by atoms with Crippen LogP contribution in [0.25, 0.3) is 0 Å². The van der Waals surface area contributed by atoms with E-state index < -0.39 is 11.6 Å². The smallest absolute Gasteiger partial charge is 0.173 e. The molecule has 0 aliphatic carbocycles. The molecule has 76 valence electrons. The molecule has 0 atom stereocenters. The molecule has 6 heteroatoms. The van der Waals surface area contributed by atoms with E-state index in [4.69, 9.17) is 17.3 Å². The van der Waals surface area contributed by atoms with Gasteiger partial charge in [-0.3, -0.25) is 0 Å². The van der Waals surface area contributed by atoms with Crippen LogP contribution < -0.4 is 5.73 Å². The van der Waals surface area contributed by atoms with Gasteiger partial charge in [0.05, 0.1) is 16.0 Å². The Morgan fingerprint density at radius 1 is 1.50 bits per heavy atom. The third-order valence-electron chi connectivity index (χ3n) is 1.38. The fourth-order valence-electron chi connectivity index (χ4n) is 0.802. The van der Waals surface area contributed by atoms with Gasteiger partial charge in [-0.2, -0.15) is 0 Å². The largest absolute Gasteiger partial charge is 0.386 e. The number of nitrogens with two attached hydrogens (primary N) is 1. The van der Waals surface area contributed by atoms with Crippen LogP contribution in [0.4, 0.5) is 14.5 Å². The summed E-state index contributed by atoms with van der Waals surface area (Å²) in [5.74, 6) is -1.75. The normalized spacial score (nSPS) is 11.9. The van der Waals surface area contributed by atoms with Crippen molar-refractivity contribution in [3.8, 4) is 0 Å². The molecule has 1 rings (SSSR count). The van der Waals surface area contributed by atoms with Crippen LogP contribution in [-0.4, -0.2) is 11.7 Å². The first kappa shape index (κ1) is 11.4. The maximum Gasteiger partial charge on any atom is 0.173 e. The van der Waals surface area contributed by atoms with E-state index in [1.165, 1.54) is 6.07 Å². The van der Waals surface area contributed by atoms with Crippen molar-refractivity contribution in [2.45, 2.75) is 0 Å². The lowest BCUT2D eigenvalue weighted by Gasteiger charge is -2.00. The summed E-state index contributed by atoms with van der Waals surface area (Å²) in [6.45, 7) is 0. The maximum absolute atomic E-state index is 12.8. The Kier molecular flexibility index (Phi) is 3.83. The van der Waals surface area contributed by atoms with Crippen LogP contribution >= 0.6 is 27.5 Å². The highest BCUT2D eigenvalue weighted by molar-refractivity contribution is 9.10. The Labute approximate surface area is 92.9 Å². The van der Waals surface area contributed by atoms with E-state index in [0.29, 0.717) is 0 Å². The molecule has 2 nitrogen and oxygen atoms in total. The molecule has 2 N–H and O–H groups in total. The van der Waals surface area contributed by atoms with Gasteiger partial charge in [0.1, 0.15) is 5.84 Å². The molecule has 1 aromatic carbocycles. The molecule has 1 aromatic rings. The minimum absolute atomic E-state index is 0.00128. The highest BCUT2D eigenvalue weighted by Gasteiger charge is 2.08. The fraction of sp³-hybridized carbons (Fsp3) is 0.125. The van der Waals surface area contributed by atoms with Crippen molar-refractivity contribution in [2.75, 3.05) is 5.88 Å². The topological polar surface area (TPSA) is 38.4 Å². The summed E-state index contributed by atoms with van der Waals surface area (Å²) in [7, 11) is 0. The van der Waals surface area contributed by atoms with Gasteiger partial charge in [0.25, 0.3) is 0 Å².